The largest absolute Gasteiger partial charge is 0.294 e. The van der Waals surface area contributed by atoms with Crippen molar-refractivity contribution in [2.75, 3.05) is 0 Å². The molecular weight excluding hydrogens is 338 g/mol. The minimum absolute atomic E-state index is 0.168. The predicted molar refractivity (Wildman–Crippen MR) is 83.4 cm³/mol. The molecule has 120 valence electrons. The first kappa shape index (κ1) is 15.0. The number of piperidine rings is 1. The lowest BCUT2D eigenvalue weighted by molar-refractivity contribution is -0.115. The maximum absolute atomic E-state index is 13.1. The van der Waals surface area contributed by atoms with Gasteiger partial charge in [0.25, 0.3) is 5.91 Å². The van der Waals surface area contributed by atoms with E-state index in [0.29, 0.717) is 29.1 Å². The number of benzene rings is 1. The van der Waals surface area contributed by atoms with Crippen LogP contribution in [0.5, 0.6) is 0 Å². The van der Waals surface area contributed by atoms with Gasteiger partial charge in [0, 0.05) is 17.5 Å². The van der Waals surface area contributed by atoms with Gasteiger partial charge in [-0.05, 0) is 43.5 Å². The predicted octanol–water partition coefficient (Wildman–Crippen LogP) is 2.90. The van der Waals surface area contributed by atoms with Gasteiger partial charge in [0.15, 0.2) is 0 Å². The third-order valence-corrected chi connectivity index (χ3v) is 6.86. The first-order chi connectivity index (χ1) is 11.0. The summed E-state index contributed by atoms with van der Waals surface area (Å²) >= 11 is 5.85. The Morgan fingerprint density at radius 1 is 1.13 bits per heavy atom. The summed E-state index contributed by atoms with van der Waals surface area (Å²) in [6.07, 6.45) is 2.74. The monoisotopic (exact) mass is 351 g/mol. The Morgan fingerprint density at radius 2 is 1.87 bits per heavy atom. The van der Waals surface area contributed by atoms with E-state index in [1.807, 2.05) is 0 Å². The van der Waals surface area contributed by atoms with Gasteiger partial charge in [-0.25, -0.2) is 8.42 Å². The standard InChI is InChI=1S/C15H14ClN3O3S/c16-9-4-6-11(7-5-9)23(21,22)19-10-2-1-3-13(19)14-12(8-10)17-18-15(14)20/h4-7,10,13H,1-3,8H2. The Bertz CT molecular complexity index is 845. The summed E-state index contributed by atoms with van der Waals surface area (Å²) in [5.41, 5.74) is 1.12. The van der Waals surface area contributed by atoms with Crippen LogP contribution in [-0.4, -0.2) is 30.7 Å². The number of carbonyl (C=O) groups excluding carboxylic acids is 1. The first-order valence-corrected chi connectivity index (χ1v) is 9.28. The van der Waals surface area contributed by atoms with Crippen LogP contribution in [0.1, 0.15) is 25.7 Å². The summed E-state index contributed by atoms with van der Waals surface area (Å²) in [4.78, 5) is 12.2. The van der Waals surface area contributed by atoms with Crippen molar-refractivity contribution in [3.63, 3.8) is 0 Å². The van der Waals surface area contributed by atoms with Gasteiger partial charge in [0.05, 0.1) is 22.2 Å². The zero-order valence-corrected chi connectivity index (χ0v) is 13.7. The van der Waals surface area contributed by atoms with Gasteiger partial charge >= 0.3 is 0 Å². The molecule has 3 aliphatic rings. The van der Waals surface area contributed by atoms with E-state index in [-0.39, 0.29) is 10.9 Å². The van der Waals surface area contributed by atoms with E-state index in [1.54, 1.807) is 12.1 Å². The molecule has 23 heavy (non-hydrogen) atoms. The molecule has 0 radical (unpaired) electrons. The number of azo groups is 1. The Balaban J connectivity index is 1.80. The van der Waals surface area contributed by atoms with E-state index in [1.165, 1.54) is 16.4 Å². The summed E-state index contributed by atoms with van der Waals surface area (Å²) in [5, 5.41) is 8.04. The molecule has 1 aromatic rings. The Hall–Kier alpha value is -1.57. The van der Waals surface area contributed by atoms with Gasteiger partial charge in [-0.1, -0.05) is 11.6 Å². The van der Waals surface area contributed by atoms with Gasteiger partial charge < -0.3 is 0 Å². The fourth-order valence-corrected chi connectivity index (χ4v) is 5.62. The van der Waals surface area contributed by atoms with Gasteiger partial charge in [-0.2, -0.15) is 9.42 Å². The van der Waals surface area contributed by atoms with Gasteiger partial charge in [0.1, 0.15) is 0 Å². The number of sulfonamides is 1. The lowest BCUT2D eigenvalue weighted by Gasteiger charge is -2.44. The molecule has 2 unspecified atom stereocenters. The molecule has 2 bridgehead atoms. The molecule has 1 amide bonds. The molecule has 6 nitrogen and oxygen atoms in total. The normalized spacial score (nSPS) is 27.4. The number of carbonyl (C=O) groups is 1. The first-order valence-electron chi connectivity index (χ1n) is 7.47. The molecular formula is C15H14ClN3O3S. The van der Waals surface area contributed by atoms with Crippen LogP contribution in [0.3, 0.4) is 0 Å². The highest BCUT2D eigenvalue weighted by molar-refractivity contribution is 7.89. The van der Waals surface area contributed by atoms with E-state index < -0.39 is 22.0 Å². The van der Waals surface area contributed by atoms with Crippen LogP contribution in [0.25, 0.3) is 0 Å². The second-order valence-corrected chi connectivity index (χ2v) is 8.24. The average molecular weight is 352 g/mol. The fraction of sp³-hybridized carbons (Fsp3) is 0.400. The van der Waals surface area contributed by atoms with Crippen molar-refractivity contribution in [3.05, 3.63) is 40.6 Å². The van der Waals surface area contributed by atoms with E-state index in [2.05, 4.69) is 10.2 Å². The second-order valence-electron chi connectivity index (χ2n) is 5.96. The molecule has 3 heterocycles. The van der Waals surface area contributed by atoms with Crippen molar-refractivity contribution in [2.24, 2.45) is 10.2 Å². The van der Waals surface area contributed by atoms with Crippen molar-refractivity contribution < 1.29 is 13.2 Å². The van der Waals surface area contributed by atoms with Crippen LogP contribution in [0.2, 0.25) is 5.02 Å². The third kappa shape index (κ3) is 2.26. The number of amides is 1. The Labute approximate surface area is 138 Å². The highest BCUT2D eigenvalue weighted by Gasteiger charge is 2.48. The smallest absolute Gasteiger partial charge is 0.265 e. The lowest BCUT2D eigenvalue weighted by Crippen LogP contribution is -2.53. The molecule has 0 spiro atoms. The number of halogens is 1. The van der Waals surface area contributed by atoms with Crippen molar-refractivity contribution in [2.45, 2.75) is 42.7 Å². The topological polar surface area (TPSA) is 79.2 Å². The summed E-state index contributed by atoms with van der Waals surface area (Å²) < 4.78 is 27.7. The maximum atomic E-state index is 13.1. The maximum Gasteiger partial charge on any atom is 0.294 e. The van der Waals surface area contributed by atoms with Gasteiger partial charge in [-0.15, -0.1) is 5.11 Å². The molecule has 0 aliphatic carbocycles. The quantitative estimate of drug-likeness (QED) is 0.821. The number of hydrogen-bond donors (Lipinski definition) is 0. The molecule has 8 heteroatoms. The third-order valence-electron chi connectivity index (χ3n) is 4.64. The minimum atomic E-state index is -3.70. The van der Waals surface area contributed by atoms with Gasteiger partial charge in [0.2, 0.25) is 10.0 Å². The summed E-state index contributed by atoms with van der Waals surface area (Å²) in [6, 6.07) is 5.50. The molecule has 0 aromatic heterocycles. The number of nitrogens with zero attached hydrogens (tertiary/aromatic N) is 3. The second kappa shape index (κ2) is 5.22. The molecule has 2 atom stereocenters. The Kier molecular flexibility index (Phi) is 3.40. The minimum Gasteiger partial charge on any atom is -0.265 e. The molecule has 1 aromatic carbocycles. The molecule has 1 fully saturated rings. The van der Waals surface area contributed by atoms with Crippen molar-refractivity contribution in [1.82, 2.24) is 4.31 Å². The van der Waals surface area contributed by atoms with Crippen molar-refractivity contribution in [1.29, 1.82) is 0 Å². The SMILES string of the molecule is O=C1N=NC2=C1C1CCCC(C2)N1S(=O)(=O)c1ccc(Cl)cc1. The molecule has 0 saturated carbocycles. The van der Waals surface area contributed by atoms with E-state index >= 15 is 0 Å². The Morgan fingerprint density at radius 3 is 2.61 bits per heavy atom. The van der Waals surface area contributed by atoms with Crippen LogP contribution in [0.15, 0.2) is 50.7 Å². The number of fused-ring (bicyclic) bond motifs is 3. The molecule has 3 aliphatic heterocycles. The molecule has 4 rings (SSSR count). The van der Waals surface area contributed by atoms with E-state index in [0.717, 1.165) is 12.8 Å². The average Bonchev–Trinajstić information content (AvgIpc) is 2.88. The van der Waals surface area contributed by atoms with Gasteiger partial charge in [-0.3, -0.25) is 4.79 Å². The highest BCUT2D eigenvalue weighted by atomic mass is 35.5. The lowest BCUT2D eigenvalue weighted by atomic mass is 9.85. The number of rotatable bonds is 2. The van der Waals surface area contributed by atoms with E-state index in [4.69, 9.17) is 11.6 Å². The summed E-state index contributed by atoms with van der Waals surface area (Å²) in [6.45, 7) is 0. The van der Waals surface area contributed by atoms with Crippen LogP contribution >= 0.6 is 11.6 Å². The zero-order chi connectivity index (χ0) is 16.2. The van der Waals surface area contributed by atoms with Crippen molar-refractivity contribution in [3.8, 4) is 0 Å². The molecule has 0 N–H and O–H groups in total. The van der Waals surface area contributed by atoms with Crippen molar-refractivity contribution >= 4 is 27.5 Å². The summed E-state index contributed by atoms with van der Waals surface area (Å²) in [5.74, 6) is -0.401. The van der Waals surface area contributed by atoms with Crippen LogP contribution < -0.4 is 0 Å². The fourth-order valence-electron chi connectivity index (χ4n) is 3.66. The zero-order valence-electron chi connectivity index (χ0n) is 12.1. The van der Waals surface area contributed by atoms with Crippen LogP contribution in [0.4, 0.5) is 0 Å². The molecule has 1 saturated heterocycles. The van der Waals surface area contributed by atoms with Crippen LogP contribution in [0, 0.1) is 0 Å². The van der Waals surface area contributed by atoms with Crippen LogP contribution in [-0.2, 0) is 14.8 Å². The summed E-state index contributed by atoms with van der Waals surface area (Å²) in [7, 11) is -3.70. The number of hydrogen-bond acceptors (Lipinski definition) is 4. The van der Waals surface area contributed by atoms with E-state index in [9.17, 15) is 13.2 Å². The highest BCUT2D eigenvalue weighted by Crippen LogP contribution is 2.43.